The third kappa shape index (κ3) is 4.93. The molecule has 2 aliphatic rings. The summed E-state index contributed by atoms with van der Waals surface area (Å²) in [5.74, 6) is -0.303. The van der Waals surface area contributed by atoms with Crippen LogP contribution in [0.1, 0.15) is 46.5 Å². The molecule has 0 bridgehead atoms. The molecule has 0 radical (unpaired) electrons. The van der Waals surface area contributed by atoms with Gasteiger partial charge in [-0.15, -0.1) is 0 Å². The second-order valence-corrected chi connectivity index (χ2v) is 9.72. The first-order valence-electron chi connectivity index (χ1n) is 9.10. The predicted octanol–water partition coefficient (Wildman–Crippen LogP) is 3.45. The quantitative estimate of drug-likeness (QED) is 0.672. The van der Waals surface area contributed by atoms with Crippen LogP contribution in [0, 0.1) is 5.41 Å². The molecule has 154 valence electrons. The Bertz CT molecular complexity index is 739. The maximum atomic E-state index is 12.7. The van der Waals surface area contributed by atoms with Crippen molar-refractivity contribution in [2.75, 3.05) is 26.2 Å². The molecule has 0 saturated carbocycles. The summed E-state index contributed by atoms with van der Waals surface area (Å²) in [5.41, 5.74) is -2.97. The number of carbonyl (C=O) groups is 1. The van der Waals surface area contributed by atoms with Gasteiger partial charge in [0.15, 0.2) is 0 Å². The van der Waals surface area contributed by atoms with Crippen molar-refractivity contribution in [3.8, 4) is 0 Å². The van der Waals surface area contributed by atoms with E-state index in [0.717, 1.165) is 24.8 Å². The van der Waals surface area contributed by atoms with E-state index in [0.29, 0.717) is 4.31 Å². The number of allylic oxidation sites excluding steroid dienone is 3. The van der Waals surface area contributed by atoms with Crippen molar-refractivity contribution in [1.29, 1.82) is 0 Å². The molecular weight excluding hydrogens is 381 g/mol. The zero-order valence-electron chi connectivity index (χ0n) is 16.0. The summed E-state index contributed by atoms with van der Waals surface area (Å²) in [6.07, 6.45) is 6.57. The minimum Gasteiger partial charge on any atom is -0.338 e. The summed E-state index contributed by atoms with van der Waals surface area (Å²) in [7, 11) is -5.35. The van der Waals surface area contributed by atoms with Gasteiger partial charge in [-0.2, -0.15) is 17.5 Å². The number of rotatable bonds is 3. The van der Waals surface area contributed by atoms with Gasteiger partial charge in [0.25, 0.3) is 0 Å². The lowest BCUT2D eigenvalue weighted by Crippen LogP contribution is -2.43. The number of halogens is 3. The molecule has 0 aromatic heterocycles. The van der Waals surface area contributed by atoms with Gasteiger partial charge in [-0.1, -0.05) is 25.5 Å². The van der Waals surface area contributed by atoms with Crippen LogP contribution in [0.3, 0.4) is 0 Å². The molecular formula is C18H27F3N2O3S. The van der Waals surface area contributed by atoms with Gasteiger partial charge in [-0.3, -0.25) is 4.79 Å². The van der Waals surface area contributed by atoms with Gasteiger partial charge >= 0.3 is 15.5 Å². The number of hydrogen-bond donors (Lipinski definition) is 0. The smallest absolute Gasteiger partial charge is 0.338 e. The highest BCUT2D eigenvalue weighted by atomic mass is 32.2. The molecule has 0 aromatic rings. The van der Waals surface area contributed by atoms with Crippen molar-refractivity contribution in [1.82, 2.24) is 9.21 Å². The minimum absolute atomic E-state index is 0.0184. The first-order valence-corrected chi connectivity index (χ1v) is 10.5. The van der Waals surface area contributed by atoms with E-state index >= 15 is 0 Å². The van der Waals surface area contributed by atoms with Crippen LogP contribution < -0.4 is 0 Å². The zero-order chi connectivity index (χ0) is 20.5. The van der Waals surface area contributed by atoms with Crippen LogP contribution in [-0.2, 0) is 14.8 Å². The highest BCUT2D eigenvalue weighted by Gasteiger charge is 2.50. The molecule has 1 heterocycles. The maximum Gasteiger partial charge on any atom is 0.511 e. The maximum absolute atomic E-state index is 12.7. The lowest BCUT2D eigenvalue weighted by atomic mass is 9.72. The Morgan fingerprint density at radius 2 is 1.78 bits per heavy atom. The van der Waals surface area contributed by atoms with Crippen LogP contribution in [0.4, 0.5) is 13.2 Å². The van der Waals surface area contributed by atoms with Crippen LogP contribution >= 0.6 is 0 Å². The van der Waals surface area contributed by atoms with E-state index in [9.17, 15) is 26.4 Å². The van der Waals surface area contributed by atoms with Gasteiger partial charge in [0.1, 0.15) is 0 Å². The zero-order valence-corrected chi connectivity index (χ0v) is 16.8. The molecule has 27 heavy (non-hydrogen) atoms. The first kappa shape index (κ1) is 21.9. The van der Waals surface area contributed by atoms with E-state index in [1.807, 2.05) is 6.08 Å². The lowest BCUT2D eigenvalue weighted by molar-refractivity contribution is -0.125. The molecule has 0 aromatic carbocycles. The van der Waals surface area contributed by atoms with Crippen molar-refractivity contribution in [2.45, 2.75) is 52.0 Å². The number of sulfonamides is 1. The van der Waals surface area contributed by atoms with E-state index in [1.165, 1.54) is 16.5 Å². The molecule has 0 unspecified atom stereocenters. The lowest BCUT2D eigenvalue weighted by Gasteiger charge is -2.33. The normalized spacial score (nSPS) is 23.0. The van der Waals surface area contributed by atoms with E-state index in [1.54, 1.807) is 0 Å². The summed E-state index contributed by atoms with van der Waals surface area (Å²) in [6.45, 7) is 5.89. The third-order valence-corrected chi connectivity index (χ3v) is 6.96. The Kier molecular flexibility index (Phi) is 6.46. The molecule has 1 fully saturated rings. The van der Waals surface area contributed by atoms with Gasteiger partial charge in [0.2, 0.25) is 5.91 Å². The molecule has 2 rings (SSSR count). The Labute approximate surface area is 158 Å². The monoisotopic (exact) mass is 408 g/mol. The summed E-state index contributed by atoms with van der Waals surface area (Å²) in [6, 6.07) is 0. The number of alkyl halides is 3. The molecule has 1 aliphatic heterocycles. The second-order valence-electron chi connectivity index (χ2n) is 7.79. The Hall–Kier alpha value is -1.35. The predicted molar refractivity (Wildman–Crippen MR) is 97.2 cm³/mol. The van der Waals surface area contributed by atoms with Crippen molar-refractivity contribution in [2.24, 2.45) is 5.41 Å². The molecule has 0 atom stereocenters. The van der Waals surface area contributed by atoms with Crippen molar-refractivity contribution < 1.29 is 26.4 Å². The number of amides is 1. The number of hydrogen-bond acceptors (Lipinski definition) is 3. The Balaban J connectivity index is 2.07. The molecule has 5 nitrogen and oxygen atoms in total. The van der Waals surface area contributed by atoms with E-state index in [4.69, 9.17) is 0 Å². The molecule has 1 saturated heterocycles. The molecule has 0 spiro atoms. The fraction of sp³-hybridized carbons (Fsp3) is 0.722. The highest BCUT2D eigenvalue weighted by molar-refractivity contribution is 7.90. The third-order valence-electron chi connectivity index (χ3n) is 5.33. The SMILES string of the molecule is CC1=C(/C=C/C(=O)N2CCCN(S(=O)(=O)C(F)(F)F)CC2)C(C)(C)CCC1. The minimum atomic E-state index is -5.35. The van der Waals surface area contributed by atoms with Crippen molar-refractivity contribution >= 4 is 15.9 Å². The van der Waals surface area contributed by atoms with E-state index in [-0.39, 0.29) is 43.9 Å². The second kappa shape index (κ2) is 7.95. The van der Waals surface area contributed by atoms with Crippen LogP contribution in [0.25, 0.3) is 0 Å². The topological polar surface area (TPSA) is 57.7 Å². The molecule has 1 amide bonds. The average molecular weight is 408 g/mol. The Morgan fingerprint density at radius 1 is 1.11 bits per heavy atom. The fourth-order valence-electron chi connectivity index (χ4n) is 3.77. The van der Waals surface area contributed by atoms with Gasteiger partial charge in [-0.25, -0.2) is 8.42 Å². The van der Waals surface area contributed by atoms with E-state index < -0.39 is 15.5 Å². The van der Waals surface area contributed by atoms with Crippen LogP contribution in [0.2, 0.25) is 0 Å². The summed E-state index contributed by atoms with van der Waals surface area (Å²) < 4.78 is 61.7. The first-order chi connectivity index (χ1) is 12.4. The Morgan fingerprint density at radius 3 is 2.37 bits per heavy atom. The van der Waals surface area contributed by atoms with Gasteiger partial charge in [0, 0.05) is 32.3 Å². The highest BCUT2D eigenvalue weighted by Crippen LogP contribution is 2.40. The van der Waals surface area contributed by atoms with Crippen LogP contribution in [0.15, 0.2) is 23.3 Å². The van der Waals surface area contributed by atoms with Gasteiger partial charge in [-0.05, 0) is 43.6 Å². The molecule has 9 heteroatoms. The average Bonchev–Trinajstić information content (AvgIpc) is 2.79. The summed E-state index contributed by atoms with van der Waals surface area (Å²) >= 11 is 0. The van der Waals surface area contributed by atoms with Crippen molar-refractivity contribution in [3.63, 3.8) is 0 Å². The number of nitrogens with zero attached hydrogens (tertiary/aromatic N) is 2. The van der Waals surface area contributed by atoms with Crippen molar-refractivity contribution in [3.05, 3.63) is 23.3 Å². The van der Waals surface area contributed by atoms with Gasteiger partial charge < -0.3 is 4.90 Å². The van der Waals surface area contributed by atoms with Crippen LogP contribution in [-0.4, -0.2) is 55.2 Å². The van der Waals surface area contributed by atoms with Gasteiger partial charge in [0.05, 0.1) is 0 Å². The molecule has 1 aliphatic carbocycles. The number of carbonyl (C=O) groups excluding carboxylic acids is 1. The molecule has 0 N–H and O–H groups in total. The standard InChI is InChI=1S/C18H27F3N2O3S/c1-14-6-4-9-17(2,3)15(14)7-8-16(24)22-10-5-11-23(13-12-22)27(25,26)18(19,20)21/h7-8H,4-6,9-13H2,1-3H3/b8-7+. The van der Waals surface area contributed by atoms with E-state index in [2.05, 4.69) is 20.8 Å². The summed E-state index contributed by atoms with van der Waals surface area (Å²) in [5, 5.41) is 0. The largest absolute Gasteiger partial charge is 0.511 e. The fourth-order valence-corrected chi connectivity index (χ4v) is 4.76. The summed E-state index contributed by atoms with van der Waals surface area (Å²) in [4.78, 5) is 13.9. The van der Waals surface area contributed by atoms with Crippen LogP contribution in [0.5, 0.6) is 0 Å².